The summed E-state index contributed by atoms with van der Waals surface area (Å²) in [6, 6.07) is -3.86. The van der Waals surface area contributed by atoms with Gasteiger partial charge in [-0.3, -0.25) is 24.6 Å². The van der Waals surface area contributed by atoms with Crippen molar-refractivity contribution < 1.29 is 79.0 Å². The number of hydrogen-bond acceptors (Lipinski definition) is 16. The van der Waals surface area contributed by atoms with E-state index >= 15 is 0 Å². The van der Waals surface area contributed by atoms with Gasteiger partial charge in [-0.15, -0.1) is 0 Å². The monoisotopic (exact) mass is 846 g/mol. The van der Waals surface area contributed by atoms with E-state index in [4.69, 9.17) is 18.9 Å². The highest BCUT2D eigenvalue weighted by molar-refractivity contribution is 5.96. The first-order valence-corrected chi connectivity index (χ1v) is 20.9. The lowest BCUT2D eigenvalue weighted by molar-refractivity contribution is -0.346. The molecule has 4 rings (SSSR count). The Morgan fingerprint density at radius 2 is 1.39 bits per heavy atom. The Balaban J connectivity index is 1.42. The van der Waals surface area contributed by atoms with E-state index in [1.807, 2.05) is 0 Å². The predicted octanol–water partition coefficient (Wildman–Crippen LogP) is -1.87. The summed E-state index contributed by atoms with van der Waals surface area (Å²) < 4.78 is 23.4. The number of nitrogens with zero attached hydrogens (tertiary/aromatic N) is 1. The maximum absolute atomic E-state index is 13.2. The average molecular weight is 847 g/mol. The van der Waals surface area contributed by atoms with E-state index in [-0.39, 0.29) is 13.0 Å². The van der Waals surface area contributed by atoms with Crippen molar-refractivity contribution >= 4 is 23.8 Å². The van der Waals surface area contributed by atoms with E-state index < -0.39 is 129 Å². The summed E-state index contributed by atoms with van der Waals surface area (Å²) in [5, 5.41) is 93.6. The van der Waals surface area contributed by atoms with Crippen molar-refractivity contribution in [1.29, 1.82) is 0 Å². The van der Waals surface area contributed by atoms with Crippen molar-refractivity contribution in [1.82, 2.24) is 20.9 Å². The molecule has 0 aliphatic carbocycles. The fourth-order valence-electron chi connectivity index (χ4n) is 7.85. The van der Waals surface area contributed by atoms with Crippen LogP contribution in [0.15, 0.2) is 12.2 Å². The number of urea groups is 1. The van der Waals surface area contributed by atoms with Gasteiger partial charge in [0.1, 0.15) is 60.9 Å². The highest BCUT2D eigenvalue weighted by atomic mass is 16.8. The fraction of sp³-hybridized carbons (Fsp3) is 0.846. The van der Waals surface area contributed by atoms with Crippen LogP contribution in [-0.4, -0.2) is 175 Å². The molecular weight excluding hydrogens is 780 g/mol. The van der Waals surface area contributed by atoms with Crippen LogP contribution in [0.25, 0.3) is 0 Å². The standard InChI is InChI=1S/C39H66N4O16/c1-20(2)14-12-10-8-6-4-5-7-9-11-13-15-25(47)41-28-32(52)29(49)23(56-38(28)59-37-27(40-21(3)45)31(51)30(50)24(19-44)57-37)18-22(46)35-33(53)34(54)36(58-35)43-17-16-26(48)42-39(43)55/h13,15,20,22-24,27-38,44,46,49-54H,4-12,14,16-19H2,1-3H3,(H,40,45)(H,41,47)(H,42,48,55)/b15-13+/t22-,23-,24?,27-,28-,29+,30-,31-,32-,33+,34-,35-,36-,37?,38+/m1/s1. The van der Waals surface area contributed by atoms with Gasteiger partial charge in [0.15, 0.2) is 18.8 Å². The van der Waals surface area contributed by atoms with Gasteiger partial charge in [0.25, 0.3) is 0 Å². The number of hydrogen-bond donors (Lipinski definition) is 11. The number of carbonyl (C=O) groups excluding carboxylic acids is 4. The van der Waals surface area contributed by atoms with Crippen molar-refractivity contribution in [2.24, 2.45) is 5.92 Å². The molecule has 15 atom stereocenters. The molecule has 5 amide bonds. The summed E-state index contributed by atoms with van der Waals surface area (Å²) >= 11 is 0. The van der Waals surface area contributed by atoms with Crippen molar-refractivity contribution in [3.8, 4) is 0 Å². The third-order valence-corrected chi connectivity index (χ3v) is 11.2. The molecule has 20 heteroatoms. The highest BCUT2D eigenvalue weighted by Gasteiger charge is 2.54. The average Bonchev–Trinajstić information content (AvgIpc) is 3.47. The molecule has 20 nitrogen and oxygen atoms in total. The van der Waals surface area contributed by atoms with E-state index in [1.165, 1.54) is 38.2 Å². The number of aliphatic hydroxyl groups is 8. The van der Waals surface area contributed by atoms with E-state index in [1.54, 1.807) is 6.08 Å². The zero-order valence-electron chi connectivity index (χ0n) is 34.1. The molecule has 2 unspecified atom stereocenters. The van der Waals surface area contributed by atoms with E-state index in [0.29, 0.717) is 6.42 Å². The van der Waals surface area contributed by atoms with Crippen LogP contribution in [0.1, 0.15) is 97.8 Å². The molecule has 4 saturated heterocycles. The highest BCUT2D eigenvalue weighted by Crippen LogP contribution is 2.33. The molecule has 0 bridgehead atoms. The van der Waals surface area contributed by atoms with Crippen LogP contribution in [0, 0.1) is 5.92 Å². The number of unbranched alkanes of at least 4 members (excludes halogenated alkanes) is 8. The van der Waals surface area contributed by atoms with Crippen LogP contribution < -0.4 is 16.0 Å². The van der Waals surface area contributed by atoms with Crippen LogP contribution in [0.2, 0.25) is 0 Å². The van der Waals surface area contributed by atoms with Crippen LogP contribution in [0.3, 0.4) is 0 Å². The van der Waals surface area contributed by atoms with E-state index in [0.717, 1.165) is 43.4 Å². The van der Waals surface area contributed by atoms with Crippen molar-refractivity contribution in [2.45, 2.75) is 190 Å². The second-order valence-corrected chi connectivity index (χ2v) is 16.4. The summed E-state index contributed by atoms with van der Waals surface area (Å²) in [6.45, 7) is 4.69. The third kappa shape index (κ3) is 13.6. The van der Waals surface area contributed by atoms with Crippen molar-refractivity contribution in [3.63, 3.8) is 0 Å². The van der Waals surface area contributed by atoms with Crippen molar-refractivity contribution in [3.05, 3.63) is 12.2 Å². The molecule has 0 spiro atoms. The molecule has 59 heavy (non-hydrogen) atoms. The van der Waals surface area contributed by atoms with Gasteiger partial charge in [-0.1, -0.05) is 71.3 Å². The van der Waals surface area contributed by atoms with Gasteiger partial charge in [0.2, 0.25) is 17.7 Å². The van der Waals surface area contributed by atoms with Gasteiger partial charge in [-0.25, -0.2) is 4.79 Å². The zero-order chi connectivity index (χ0) is 43.4. The molecule has 0 radical (unpaired) electrons. The number of carbonyl (C=O) groups is 4. The minimum atomic E-state index is -1.84. The Labute approximate surface area is 344 Å². The van der Waals surface area contributed by atoms with Gasteiger partial charge in [0.05, 0.1) is 18.8 Å². The molecule has 0 aromatic rings. The fourth-order valence-corrected chi connectivity index (χ4v) is 7.85. The SMILES string of the molecule is CC(=O)N[C@H]1C(O[C@@H]2O[C@H](C[C@@H](O)[C@H]3O[C@@H](N4CCC(=O)NC4=O)[C@H](O)[C@@H]3O)[C@H](O)[C@H](O)[C@H]2NC(=O)/C=C/CCCCCCCCCCC(C)C)OC(CO)[C@@H](O)[C@@H]1O. The molecule has 4 aliphatic heterocycles. The Morgan fingerprint density at radius 1 is 0.814 bits per heavy atom. The van der Waals surface area contributed by atoms with Crippen LogP contribution >= 0.6 is 0 Å². The summed E-state index contributed by atoms with van der Waals surface area (Å²) in [7, 11) is 0. The number of imide groups is 1. The smallest absolute Gasteiger partial charge is 0.326 e. The number of amides is 5. The van der Waals surface area contributed by atoms with Gasteiger partial charge < -0.3 is 70.4 Å². The topological polar surface area (TPSA) is 306 Å². The number of nitrogens with one attached hydrogen (secondary N) is 3. The molecule has 0 aromatic carbocycles. The lowest BCUT2D eigenvalue weighted by Gasteiger charge is -2.47. The third-order valence-electron chi connectivity index (χ3n) is 11.2. The molecule has 338 valence electrons. The van der Waals surface area contributed by atoms with Crippen LogP contribution in [-0.2, 0) is 33.3 Å². The summed E-state index contributed by atoms with van der Waals surface area (Å²) in [6.07, 6.45) is -8.44. The second kappa shape index (κ2) is 23.4. The molecule has 4 fully saturated rings. The number of rotatable bonds is 21. The Kier molecular flexibility index (Phi) is 19.3. The first kappa shape index (κ1) is 48.8. The molecule has 0 saturated carbocycles. The molecule has 0 aromatic heterocycles. The predicted molar refractivity (Wildman–Crippen MR) is 205 cm³/mol. The van der Waals surface area contributed by atoms with E-state index in [2.05, 4.69) is 29.8 Å². The quantitative estimate of drug-likeness (QED) is 0.0446. The van der Waals surface area contributed by atoms with Crippen molar-refractivity contribution in [2.75, 3.05) is 13.2 Å². The summed E-state index contributed by atoms with van der Waals surface area (Å²) in [5.41, 5.74) is 0. The summed E-state index contributed by atoms with van der Waals surface area (Å²) in [5.74, 6) is -1.15. The second-order valence-electron chi connectivity index (χ2n) is 16.4. The van der Waals surface area contributed by atoms with Gasteiger partial charge in [-0.2, -0.15) is 0 Å². The Morgan fingerprint density at radius 3 is 1.98 bits per heavy atom. The normalized spacial score (nSPS) is 35.9. The van der Waals surface area contributed by atoms with E-state index in [9.17, 15) is 60.0 Å². The van der Waals surface area contributed by atoms with Crippen LogP contribution in [0.4, 0.5) is 4.79 Å². The molecule has 11 N–H and O–H groups in total. The molecule has 4 aliphatic rings. The first-order chi connectivity index (χ1) is 28.0. The Hall–Kier alpha value is -2.86. The zero-order valence-corrected chi connectivity index (χ0v) is 34.1. The Bertz CT molecular complexity index is 1390. The van der Waals surface area contributed by atoms with Gasteiger partial charge in [0, 0.05) is 26.3 Å². The lowest BCUT2D eigenvalue weighted by atomic mass is 9.91. The number of ether oxygens (including phenoxy) is 4. The first-order valence-electron chi connectivity index (χ1n) is 20.9. The lowest BCUT2D eigenvalue weighted by Crippen LogP contribution is -2.68. The molecule has 4 heterocycles. The minimum absolute atomic E-state index is 0.0992. The maximum Gasteiger partial charge on any atom is 0.326 e. The minimum Gasteiger partial charge on any atom is -0.394 e. The van der Waals surface area contributed by atoms with Gasteiger partial charge >= 0.3 is 6.03 Å². The van der Waals surface area contributed by atoms with Crippen LogP contribution in [0.5, 0.6) is 0 Å². The number of aliphatic hydroxyl groups excluding tert-OH is 8. The largest absolute Gasteiger partial charge is 0.394 e. The van der Waals surface area contributed by atoms with Gasteiger partial charge in [-0.05, 0) is 24.8 Å². The summed E-state index contributed by atoms with van der Waals surface area (Å²) in [4.78, 5) is 50.3. The molecular formula is C39H66N4O16. The maximum atomic E-state index is 13.2. The number of allylic oxidation sites excluding steroid dienone is 1.